The highest BCUT2D eigenvalue weighted by molar-refractivity contribution is 5.87. The maximum absolute atomic E-state index is 13.9. The molecule has 2 aromatic carbocycles. The number of nitrogens with one attached hydrogen (secondary N) is 1. The number of aromatic nitrogens is 4. The number of benzene rings is 2. The number of esters is 1. The molecule has 1 unspecified atom stereocenters. The maximum Gasteiger partial charge on any atom is 0.327 e. The molecule has 2 heterocycles. The molecular weight excluding hydrogens is 373 g/mol. The van der Waals surface area contributed by atoms with Crippen molar-refractivity contribution < 1.29 is 13.9 Å². The van der Waals surface area contributed by atoms with Crippen LogP contribution in [0.3, 0.4) is 0 Å². The highest BCUT2D eigenvalue weighted by Gasteiger charge is 2.18. The first kappa shape index (κ1) is 18.5. The lowest BCUT2D eigenvalue weighted by atomic mass is 9.98. The van der Waals surface area contributed by atoms with Gasteiger partial charge in [-0.15, -0.1) is 0 Å². The lowest BCUT2D eigenvalue weighted by Gasteiger charge is -2.21. The fourth-order valence-corrected chi connectivity index (χ4v) is 3.14. The average molecular weight is 391 g/mol. The van der Waals surface area contributed by atoms with Crippen LogP contribution in [-0.2, 0) is 16.1 Å². The number of carbonyl (C=O) groups excluding carboxylic acids is 1. The van der Waals surface area contributed by atoms with Crippen LogP contribution in [-0.4, -0.2) is 32.8 Å². The summed E-state index contributed by atoms with van der Waals surface area (Å²) in [6, 6.07) is 15.8. The molecule has 2 aromatic heterocycles. The molecule has 0 aliphatic heterocycles. The predicted octanol–water partition coefficient (Wildman–Crippen LogP) is 3.34. The monoisotopic (exact) mass is 391 g/mol. The number of hydrogen-bond donors (Lipinski definition) is 1. The molecule has 0 bridgehead atoms. The molecule has 0 amide bonds. The minimum atomic E-state index is -0.426. The van der Waals surface area contributed by atoms with Crippen LogP contribution >= 0.6 is 0 Å². The number of ether oxygens (including phenoxy) is 1. The Morgan fingerprint density at radius 2 is 1.93 bits per heavy atom. The van der Waals surface area contributed by atoms with Crippen molar-refractivity contribution in [2.24, 2.45) is 0 Å². The number of methoxy groups -OCH3 is 1. The molecule has 1 N–H and O–H groups in total. The van der Waals surface area contributed by atoms with Crippen LogP contribution in [0.15, 0.2) is 67.1 Å². The molecule has 0 fully saturated rings. The van der Waals surface area contributed by atoms with E-state index in [1.54, 1.807) is 12.3 Å². The lowest BCUT2D eigenvalue weighted by Crippen LogP contribution is -2.15. The number of carbonyl (C=O) groups is 1. The van der Waals surface area contributed by atoms with Crippen LogP contribution in [0.5, 0.6) is 0 Å². The van der Waals surface area contributed by atoms with E-state index >= 15 is 0 Å². The smallest absolute Gasteiger partial charge is 0.327 e. The van der Waals surface area contributed by atoms with Gasteiger partial charge in [0, 0.05) is 0 Å². The van der Waals surface area contributed by atoms with Gasteiger partial charge in [0.05, 0.1) is 24.7 Å². The third kappa shape index (κ3) is 3.91. The van der Waals surface area contributed by atoms with Crippen molar-refractivity contribution >= 4 is 22.8 Å². The van der Waals surface area contributed by atoms with Gasteiger partial charge in [0.25, 0.3) is 0 Å². The Hall–Kier alpha value is -3.81. The molecule has 29 heavy (non-hydrogen) atoms. The van der Waals surface area contributed by atoms with Crippen molar-refractivity contribution in [1.29, 1.82) is 0 Å². The molecule has 0 saturated carbocycles. The SMILES string of the molecule is COC(=O)Cn1ncc2c(NC(c3ccccc3)c3cccc(F)c3)ncnc21. The van der Waals surface area contributed by atoms with Gasteiger partial charge in [0.15, 0.2) is 5.65 Å². The normalized spacial score (nSPS) is 11.9. The summed E-state index contributed by atoms with van der Waals surface area (Å²) >= 11 is 0. The van der Waals surface area contributed by atoms with Gasteiger partial charge in [-0.25, -0.2) is 19.0 Å². The van der Waals surface area contributed by atoms with Crippen molar-refractivity contribution in [3.8, 4) is 0 Å². The maximum atomic E-state index is 13.9. The zero-order chi connectivity index (χ0) is 20.2. The van der Waals surface area contributed by atoms with Gasteiger partial charge in [-0.3, -0.25) is 4.79 Å². The van der Waals surface area contributed by atoms with Crippen molar-refractivity contribution in [1.82, 2.24) is 19.7 Å². The minimum Gasteiger partial charge on any atom is -0.468 e. The summed E-state index contributed by atoms with van der Waals surface area (Å²) in [5.41, 5.74) is 2.20. The largest absolute Gasteiger partial charge is 0.468 e. The van der Waals surface area contributed by atoms with E-state index in [2.05, 4.69) is 20.4 Å². The van der Waals surface area contributed by atoms with Crippen LogP contribution in [0, 0.1) is 5.82 Å². The first-order valence-electron chi connectivity index (χ1n) is 8.96. The van der Waals surface area contributed by atoms with Crippen LogP contribution < -0.4 is 5.32 Å². The van der Waals surface area contributed by atoms with E-state index in [1.165, 1.54) is 30.3 Å². The van der Waals surface area contributed by atoms with E-state index in [4.69, 9.17) is 4.74 Å². The van der Waals surface area contributed by atoms with Crippen molar-refractivity contribution in [2.45, 2.75) is 12.6 Å². The Morgan fingerprint density at radius 3 is 2.69 bits per heavy atom. The van der Waals surface area contributed by atoms with E-state index in [0.717, 1.165) is 11.1 Å². The summed E-state index contributed by atoms with van der Waals surface area (Å²) in [6.45, 7) is -0.0531. The molecule has 8 heteroatoms. The second kappa shape index (κ2) is 8.05. The van der Waals surface area contributed by atoms with Crippen molar-refractivity contribution in [3.63, 3.8) is 0 Å². The van der Waals surface area contributed by atoms with E-state index in [9.17, 15) is 9.18 Å². The summed E-state index contributed by atoms with van der Waals surface area (Å²) in [7, 11) is 1.32. The third-order valence-corrected chi connectivity index (χ3v) is 4.54. The molecule has 0 aliphatic carbocycles. The number of rotatable bonds is 6. The van der Waals surface area contributed by atoms with Gasteiger partial charge in [0.2, 0.25) is 0 Å². The highest BCUT2D eigenvalue weighted by Crippen LogP contribution is 2.29. The molecular formula is C21H18FN5O2. The van der Waals surface area contributed by atoms with E-state index in [0.29, 0.717) is 16.9 Å². The third-order valence-electron chi connectivity index (χ3n) is 4.54. The molecule has 4 aromatic rings. The Bertz CT molecular complexity index is 1150. The zero-order valence-corrected chi connectivity index (χ0v) is 15.6. The van der Waals surface area contributed by atoms with E-state index < -0.39 is 5.97 Å². The van der Waals surface area contributed by atoms with Gasteiger partial charge < -0.3 is 10.1 Å². The molecule has 0 aliphatic rings. The molecule has 4 rings (SSSR count). The number of hydrogen-bond acceptors (Lipinski definition) is 6. The topological polar surface area (TPSA) is 81.9 Å². The molecule has 146 valence electrons. The van der Waals surface area contributed by atoms with E-state index in [1.807, 2.05) is 36.4 Å². The molecule has 0 spiro atoms. The highest BCUT2D eigenvalue weighted by atomic mass is 19.1. The van der Waals surface area contributed by atoms with Crippen molar-refractivity contribution in [3.05, 3.63) is 84.1 Å². The van der Waals surface area contributed by atoms with Crippen LogP contribution in [0.2, 0.25) is 0 Å². The van der Waals surface area contributed by atoms with Gasteiger partial charge in [-0.1, -0.05) is 42.5 Å². The number of halogens is 1. The van der Waals surface area contributed by atoms with Gasteiger partial charge in [-0.2, -0.15) is 5.10 Å². The van der Waals surface area contributed by atoms with Crippen LogP contribution in [0.1, 0.15) is 17.2 Å². The second-order valence-electron chi connectivity index (χ2n) is 6.38. The summed E-state index contributed by atoms with van der Waals surface area (Å²) in [6.07, 6.45) is 2.99. The van der Waals surface area contributed by atoms with Gasteiger partial charge in [0.1, 0.15) is 24.5 Å². The Kier molecular flexibility index (Phi) is 5.15. The van der Waals surface area contributed by atoms with Crippen LogP contribution in [0.25, 0.3) is 11.0 Å². The van der Waals surface area contributed by atoms with Gasteiger partial charge in [-0.05, 0) is 23.3 Å². The quantitative estimate of drug-likeness (QED) is 0.508. The standard InChI is InChI=1S/C21H18FN5O2/c1-29-18(28)12-27-21-17(11-25-27)20(23-13-24-21)26-19(14-6-3-2-4-7-14)15-8-5-9-16(22)10-15/h2-11,13,19H,12H2,1H3,(H,23,24,26). The number of anilines is 1. The first-order valence-corrected chi connectivity index (χ1v) is 8.96. The van der Waals surface area contributed by atoms with Crippen molar-refractivity contribution in [2.75, 3.05) is 12.4 Å². The summed E-state index contributed by atoms with van der Waals surface area (Å²) in [5.74, 6) is -0.210. The van der Waals surface area contributed by atoms with E-state index in [-0.39, 0.29) is 18.4 Å². The molecule has 0 saturated heterocycles. The summed E-state index contributed by atoms with van der Waals surface area (Å²) in [5, 5.41) is 8.25. The Morgan fingerprint density at radius 1 is 1.14 bits per heavy atom. The fourth-order valence-electron chi connectivity index (χ4n) is 3.14. The average Bonchev–Trinajstić information content (AvgIpc) is 3.16. The lowest BCUT2D eigenvalue weighted by molar-refractivity contribution is -0.141. The zero-order valence-electron chi connectivity index (χ0n) is 15.6. The molecule has 7 nitrogen and oxygen atoms in total. The minimum absolute atomic E-state index is 0.0531. The summed E-state index contributed by atoms with van der Waals surface area (Å²) in [4.78, 5) is 20.2. The molecule has 0 radical (unpaired) electrons. The van der Waals surface area contributed by atoms with Gasteiger partial charge >= 0.3 is 5.97 Å². The fraction of sp³-hybridized carbons (Fsp3) is 0.143. The second-order valence-corrected chi connectivity index (χ2v) is 6.38. The first-order chi connectivity index (χ1) is 14.2. The Balaban J connectivity index is 1.75. The van der Waals surface area contributed by atoms with Crippen LogP contribution in [0.4, 0.5) is 10.2 Å². The number of nitrogens with zero attached hydrogens (tertiary/aromatic N) is 4. The molecule has 1 atom stereocenters. The predicted molar refractivity (Wildman–Crippen MR) is 106 cm³/mol. The summed E-state index contributed by atoms with van der Waals surface area (Å²) < 4.78 is 20.0. The number of fused-ring (bicyclic) bond motifs is 1. The Labute approximate surface area is 166 Å².